The molecule has 0 aliphatic carbocycles. The number of aromatic nitrogens is 1. The van der Waals surface area contributed by atoms with Crippen molar-refractivity contribution >= 4 is 11.6 Å². The number of hydrazine groups is 1. The van der Waals surface area contributed by atoms with Crippen LogP contribution >= 0.6 is 0 Å². The predicted molar refractivity (Wildman–Crippen MR) is 78.8 cm³/mol. The lowest BCUT2D eigenvalue weighted by Crippen LogP contribution is -2.32. The van der Waals surface area contributed by atoms with Crippen LogP contribution in [0, 0.1) is 0 Å². The van der Waals surface area contributed by atoms with E-state index in [0.717, 1.165) is 17.7 Å². The third kappa shape index (κ3) is 2.66. The first kappa shape index (κ1) is 13.4. The monoisotopic (exact) mass is 284 g/mol. The Bertz CT molecular complexity index is 660. The number of nitrogens with one attached hydrogen (secondary N) is 2. The van der Waals surface area contributed by atoms with E-state index in [0.29, 0.717) is 17.9 Å². The number of hydrogen-bond acceptors (Lipinski definition) is 5. The molecule has 0 fully saturated rings. The Labute approximate surface area is 122 Å². The number of anilines is 1. The molecule has 0 saturated heterocycles. The van der Waals surface area contributed by atoms with E-state index in [9.17, 15) is 4.79 Å². The number of para-hydroxylation sites is 1. The molecule has 1 aromatic carbocycles. The Kier molecular flexibility index (Phi) is 3.70. The van der Waals surface area contributed by atoms with E-state index in [1.54, 1.807) is 12.3 Å². The third-order valence-electron chi connectivity index (χ3n) is 3.49. The molecule has 6 heteroatoms. The number of nitrogen functional groups attached to an aromatic ring is 1. The first-order valence-corrected chi connectivity index (χ1v) is 6.73. The van der Waals surface area contributed by atoms with Crippen molar-refractivity contribution in [2.45, 2.75) is 12.5 Å². The smallest absolute Gasteiger partial charge is 0.254 e. The zero-order chi connectivity index (χ0) is 14.7. The van der Waals surface area contributed by atoms with E-state index in [1.165, 1.54) is 6.20 Å². The molecule has 0 spiro atoms. The van der Waals surface area contributed by atoms with Gasteiger partial charge in [-0.25, -0.2) is 0 Å². The SMILES string of the molecule is NNc1cnccc1C(=O)NC1CCOc2ccccc21. The van der Waals surface area contributed by atoms with Crippen LogP contribution in [-0.4, -0.2) is 17.5 Å². The lowest BCUT2D eigenvalue weighted by molar-refractivity contribution is 0.0925. The van der Waals surface area contributed by atoms with E-state index in [4.69, 9.17) is 10.6 Å². The highest BCUT2D eigenvalue weighted by Crippen LogP contribution is 2.31. The van der Waals surface area contributed by atoms with E-state index >= 15 is 0 Å². The van der Waals surface area contributed by atoms with Crippen LogP contribution in [0.15, 0.2) is 42.7 Å². The fourth-order valence-corrected chi connectivity index (χ4v) is 2.44. The minimum absolute atomic E-state index is 0.0683. The van der Waals surface area contributed by atoms with Gasteiger partial charge in [0.1, 0.15) is 5.75 Å². The molecule has 2 aromatic rings. The van der Waals surface area contributed by atoms with Gasteiger partial charge in [0.25, 0.3) is 5.91 Å². The quantitative estimate of drug-likeness (QED) is 0.588. The number of nitrogens with two attached hydrogens (primary N) is 1. The Morgan fingerprint density at radius 1 is 1.33 bits per heavy atom. The molecule has 1 aliphatic heterocycles. The van der Waals surface area contributed by atoms with Crippen molar-refractivity contribution in [2.24, 2.45) is 5.84 Å². The number of amides is 1. The van der Waals surface area contributed by atoms with Crippen molar-refractivity contribution in [3.05, 3.63) is 53.9 Å². The van der Waals surface area contributed by atoms with Gasteiger partial charge in [-0.2, -0.15) is 0 Å². The van der Waals surface area contributed by atoms with Crippen molar-refractivity contribution in [1.82, 2.24) is 10.3 Å². The van der Waals surface area contributed by atoms with Crippen molar-refractivity contribution in [3.63, 3.8) is 0 Å². The van der Waals surface area contributed by atoms with Crippen LogP contribution < -0.4 is 21.3 Å². The van der Waals surface area contributed by atoms with E-state index < -0.39 is 0 Å². The Morgan fingerprint density at radius 3 is 3.05 bits per heavy atom. The topological polar surface area (TPSA) is 89.3 Å². The molecule has 21 heavy (non-hydrogen) atoms. The molecule has 4 N–H and O–H groups in total. The van der Waals surface area contributed by atoms with Gasteiger partial charge in [-0.15, -0.1) is 0 Å². The van der Waals surface area contributed by atoms with Crippen LogP contribution in [0.1, 0.15) is 28.4 Å². The molecule has 1 atom stereocenters. The van der Waals surface area contributed by atoms with Gasteiger partial charge in [0, 0.05) is 18.2 Å². The van der Waals surface area contributed by atoms with Gasteiger partial charge >= 0.3 is 0 Å². The number of fused-ring (bicyclic) bond motifs is 1. The summed E-state index contributed by atoms with van der Waals surface area (Å²) < 4.78 is 5.59. The first-order valence-electron chi connectivity index (χ1n) is 6.73. The number of ether oxygens (including phenoxy) is 1. The van der Waals surface area contributed by atoms with E-state index in [1.807, 2.05) is 24.3 Å². The van der Waals surface area contributed by atoms with Crippen LogP contribution in [0.5, 0.6) is 5.75 Å². The maximum absolute atomic E-state index is 12.4. The fourth-order valence-electron chi connectivity index (χ4n) is 2.44. The summed E-state index contributed by atoms with van der Waals surface area (Å²) in [4.78, 5) is 16.4. The van der Waals surface area contributed by atoms with E-state index in [2.05, 4.69) is 15.7 Å². The van der Waals surface area contributed by atoms with E-state index in [-0.39, 0.29) is 11.9 Å². The summed E-state index contributed by atoms with van der Waals surface area (Å²) in [5.74, 6) is 6.04. The zero-order valence-corrected chi connectivity index (χ0v) is 11.4. The Hall–Kier alpha value is -2.60. The molecule has 2 heterocycles. The number of carbonyl (C=O) groups is 1. The summed E-state index contributed by atoms with van der Waals surface area (Å²) in [6.45, 7) is 0.584. The highest BCUT2D eigenvalue weighted by atomic mass is 16.5. The molecule has 1 aliphatic rings. The van der Waals surface area contributed by atoms with Gasteiger partial charge in [-0.1, -0.05) is 18.2 Å². The maximum atomic E-state index is 12.4. The largest absolute Gasteiger partial charge is 0.493 e. The van der Waals surface area contributed by atoms with Gasteiger partial charge in [-0.05, 0) is 12.1 Å². The molecular formula is C15H16N4O2. The van der Waals surface area contributed by atoms with Gasteiger partial charge in [0.15, 0.2) is 0 Å². The van der Waals surface area contributed by atoms with Gasteiger partial charge in [-0.3, -0.25) is 15.6 Å². The number of pyridine rings is 1. The molecule has 108 valence electrons. The molecule has 3 rings (SSSR count). The fraction of sp³-hybridized carbons (Fsp3) is 0.200. The van der Waals surface area contributed by atoms with Crippen molar-refractivity contribution < 1.29 is 9.53 Å². The minimum Gasteiger partial charge on any atom is -0.493 e. The summed E-state index contributed by atoms with van der Waals surface area (Å²) in [6, 6.07) is 9.30. The van der Waals surface area contributed by atoms with Crippen LogP contribution in [-0.2, 0) is 0 Å². The van der Waals surface area contributed by atoms with Crippen molar-refractivity contribution in [1.29, 1.82) is 0 Å². The van der Waals surface area contributed by atoms with Crippen LogP contribution in [0.4, 0.5) is 5.69 Å². The predicted octanol–water partition coefficient (Wildman–Crippen LogP) is 1.62. The number of benzene rings is 1. The zero-order valence-electron chi connectivity index (χ0n) is 11.4. The molecule has 1 amide bonds. The standard InChI is InChI=1S/C15H16N4O2/c16-19-13-9-17-7-5-11(13)15(20)18-12-6-8-21-14-4-2-1-3-10(12)14/h1-5,7,9,12,19H,6,8,16H2,(H,18,20). The molecule has 1 unspecified atom stereocenters. The second kappa shape index (κ2) is 5.80. The minimum atomic E-state index is -0.188. The Morgan fingerprint density at radius 2 is 2.19 bits per heavy atom. The highest BCUT2D eigenvalue weighted by molar-refractivity contribution is 5.99. The average molecular weight is 284 g/mol. The van der Waals surface area contributed by atoms with Crippen LogP contribution in [0.25, 0.3) is 0 Å². The van der Waals surface area contributed by atoms with Crippen molar-refractivity contribution in [3.8, 4) is 5.75 Å². The summed E-state index contributed by atoms with van der Waals surface area (Å²) >= 11 is 0. The summed E-state index contributed by atoms with van der Waals surface area (Å²) in [5.41, 5.74) is 4.44. The summed E-state index contributed by atoms with van der Waals surface area (Å²) in [7, 11) is 0. The third-order valence-corrected chi connectivity index (χ3v) is 3.49. The Balaban J connectivity index is 1.83. The molecule has 0 bridgehead atoms. The van der Waals surface area contributed by atoms with Crippen LogP contribution in [0.2, 0.25) is 0 Å². The molecule has 0 saturated carbocycles. The number of rotatable bonds is 3. The number of hydrogen-bond donors (Lipinski definition) is 3. The normalized spacial score (nSPS) is 16.5. The highest BCUT2D eigenvalue weighted by Gasteiger charge is 2.23. The van der Waals surface area contributed by atoms with Gasteiger partial charge in [0.2, 0.25) is 0 Å². The second-order valence-corrected chi connectivity index (χ2v) is 4.77. The molecular weight excluding hydrogens is 268 g/mol. The van der Waals surface area contributed by atoms with Crippen molar-refractivity contribution in [2.75, 3.05) is 12.0 Å². The first-order chi connectivity index (χ1) is 10.3. The number of nitrogens with zero attached hydrogens (tertiary/aromatic N) is 1. The lowest BCUT2D eigenvalue weighted by atomic mass is 10.00. The number of carbonyl (C=O) groups excluding carboxylic acids is 1. The average Bonchev–Trinajstić information content (AvgIpc) is 2.55. The lowest BCUT2D eigenvalue weighted by Gasteiger charge is -2.26. The molecule has 1 aromatic heterocycles. The summed E-state index contributed by atoms with van der Waals surface area (Å²) in [5, 5.41) is 3.02. The van der Waals surface area contributed by atoms with Crippen LogP contribution in [0.3, 0.4) is 0 Å². The second-order valence-electron chi connectivity index (χ2n) is 4.77. The molecule has 6 nitrogen and oxygen atoms in total. The molecule has 0 radical (unpaired) electrons. The summed E-state index contributed by atoms with van der Waals surface area (Å²) in [6.07, 6.45) is 3.82. The van der Waals surface area contributed by atoms with Gasteiger partial charge < -0.3 is 15.5 Å². The maximum Gasteiger partial charge on any atom is 0.254 e. The van der Waals surface area contributed by atoms with Gasteiger partial charge in [0.05, 0.1) is 30.1 Å².